The third-order valence-corrected chi connectivity index (χ3v) is 3.32. The molecule has 5 N–H and O–H groups in total. The van der Waals surface area contributed by atoms with E-state index in [1.54, 1.807) is 13.2 Å². The molecule has 0 spiro atoms. The van der Waals surface area contributed by atoms with Gasteiger partial charge in [-0.3, -0.25) is 9.89 Å². The average Bonchev–Trinajstić information content (AvgIpc) is 2.85. The van der Waals surface area contributed by atoms with Crippen LogP contribution < -0.4 is 16.6 Å². The fourth-order valence-electron chi connectivity index (χ4n) is 1.59. The van der Waals surface area contributed by atoms with Crippen LogP contribution in [0.3, 0.4) is 0 Å². The molecule has 3 rings (SSSR count). The number of nitrogens with one attached hydrogen (secondary N) is 3. The average molecular weight is 290 g/mol. The van der Waals surface area contributed by atoms with Crippen LogP contribution in [-0.4, -0.2) is 37.2 Å². The topological polar surface area (TPSA) is 138 Å². The summed E-state index contributed by atoms with van der Waals surface area (Å²) in [6.07, 6.45) is 1.61. The van der Waals surface area contributed by atoms with E-state index in [9.17, 15) is 4.79 Å². The Kier molecular flexibility index (Phi) is 2.99. The number of nitrogens with two attached hydrogens (primary N) is 1. The molecule has 0 fully saturated rings. The highest BCUT2D eigenvalue weighted by Gasteiger charge is 2.12. The van der Waals surface area contributed by atoms with Crippen LogP contribution in [0.15, 0.2) is 27.2 Å². The van der Waals surface area contributed by atoms with Crippen molar-refractivity contribution >= 4 is 34.6 Å². The first-order valence-corrected chi connectivity index (χ1v) is 6.41. The number of aromatic amines is 2. The van der Waals surface area contributed by atoms with E-state index < -0.39 is 0 Å². The van der Waals surface area contributed by atoms with Crippen molar-refractivity contribution in [3.63, 3.8) is 0 Å². The second-order valence-electron chi connectivity index (χ2n) is 3.81. The quantitative estimate of drug-likeness (QED) is 0.396. The van der Waals surface area contributed by atoms with E-state index in [1.807, 2.05) is 0 Å². The fraction of sp³-hybridized carbons (Fsp3) is 0.100. The largest absolute Gasteiger partial charge is 0.383 e. The summed E-state index contributed by atoms with van der Waals surface area (Å²) in [5, 5.41) is 11.3. The van der Waals surface area contributed by atoms with E-state index in [0.717, 1.165) is 5.39 Å². The van der Waals surface area contributed by atoms with Crippen LogP contribution in [0.1, 0.15) is 0 Å². The summed E-state index contributed by atoms with van der Waals surface area (Å²) in [5.74, 6) is 0.595. The predicted octanol–water partition coefficient (Wildman–Crippen LogP) is 0.211. The molecule has 102 valence electrons. The summed E-state index contributed by atoms with van der Waals surface area (Å²) in [7, 11) is 1.71. The second kappa shape index (κ2) is 4.81. The van der Waals surface area contributed by atoms with Gasteiger partial charge in [0.1, 0.15) is 10.8 Å². The molecule has 0 saturated carbocycles. The van der Waals surface area contributed by atoms with Crippen molar-refractivity contribution in [2.24, 2.45) is 0 Å². The Morgan fingerprint density at radius 2 is 2.20 bits per heavy atom. The van der Waals surface area contributed by atoms with Crippen molar-refractivity contribution in [2.45, 2.75) is 10.2 Å². The molecule has 0 aliphatic heterocycles. The maximum Gasteiger partial charge on any atom is 0.253 e. The molecule has 0 atom stereocenters. The normalized spacial score (nSPS) is 10.8. The van der Waals surface area contributed by atoms with E-state index in [0.29, 0.717) is 21.8 Å². The van der Waals surface area contributed by atoms with Crippen molar-refractivity contribution in [1.82, 2.24) is 30.1 Å². The SMILES string of the molecule is CNc1nc(Sc2nc(N)cc(=O)[nH]2)c2cn[nH]c2n1. The van der Waals surface area contributed by atoms with Crippen molar-refractivity contribution in [3.8, 4) is 0 Å². The number of hydrogen-bond donors (Lipinski definition) is 4. The smallest absolute Gasteiger partial charge is 0.253 e. The van der Waals surface area contributed by atoms with Crippen LogP contribution >= 0.6 is 11.8 Å². The summed E-state index contributed by atoms with van der Waals surface area (Å²) >= 11 is 1.18. The first-order chi connectivity index (χ1) is 9.65. The molecule has 0 radical (unpaired) electrons. The molecule has 0 aliphatic carbocycles. The van der Waals surface area contributed by atoms with Crippen molar-refractivity contribution in [3.05, 3.63) is 22.6 Å². The standard InChI is InChI=1S/C10H10N8OS/c1-12-9-16-7-4(3-13-18-7)8(17-9)20-10-14-5(11)2-6(19)15-10/h2-3H,1H3,(H3,11,14,15,19)(H2,12,13,16,17,18). The molecule has 0 unspecified atom stereocenters. The molecule has 20 heavy (non-hydrogen) atoms. The predicted molar refractivity (Wildman–Crippen MR) is 74.6 cm³/mol. The molecule has 3 aromatic heterocycles. The van der Waals surface area contributed by atoms with Gasteiger partial charge in [0.2, 0.25) is 5.95 Å². The van der Waals surface area contributed by atoms with Crippen LogP contribution in [0.2, 0.25) is 0 Å². The number of hydrogen-bond acceptors (Lipinski definition) is 8. The van der Waals surface area contributed by atoms with Crippen LogP contribution in [-0.2, 0) is 0 Å². The summed E-state index contributed by atoms with van der Waals surface area (Å²) in [6, 6.07) is 1.22. The minimum absolute atomic E-state index is 0.155. The number of anilines is 2. The number of nitrogens with zero attached hydrogens (tertiary/aromatic N) is 4. The number of fused-ring (bicyclic) bond motifs is 1. The monoisotopic (exact) mass is 290 g/mol. The van der Waals surface area contributed by atoms with Gasteiger partial charge < -0.3 is 16.0 Å². The zero-order chi connectivity index (χ0) is 14.1. The molecule has 0 aromatic carbocycles. The molecule has 9 nitrogen and oxygen atoms in total. The molecule has 0 aliphatic rings. The molecule has 0 amide bonds. The molecule has 0 bridgehead atoms. The van der Waals surface area contributed by atoms with Gasteiger partial charge in [-0.15, -0.1) is 0 Å². The van der Waals surface area contributed by atoms with E-state index >= 15 is 0 Å². The van der Waals surface area contributed by atoms with Gasteiger partial charge in [0, 0.05) is 13.1 Å². The van der Waals surface area contributed by atoms with Crippen LogP contribution in [0.4, 0.5) is 11.8 Å². The molecular formula is C10H10N8OS. The van der Waals surface area contributed by atoms with Gasteiger partial charge in [0.05, 0.1) is 11.6 Å². The summed E-state index contributed by atoms with van der Waals surface area (Å²) in [4.78, 5) is 26.6. The first-order valence-electron chi connectivity index (χ1n) is 5.59. The molecule has 3 heterocycles. The van der Waals surface area contributed by atoms with E-state index in [-0.39, 0.29) is 11.4 Å². The van der Waals surface area contributed by atoms with Gasteiger partial charge in [-0.05, 0) is 11.8 Å². The van der Waals surface area contributed by atoms with Crippen LogP contribution in [0.25, 0.3) is 11.0 Å². The summed E-state index contributed by atoms with van der Waals surface area (Å²) in [6.45, 7) is 0. The lowest BCUT2D eigenvalue weighted by molar-refractivity contribution is 0.941. The van der Waals surface area contributed by atoms with Crippen molar-refractivity contribution in [2.75, 3.05) is 18.1 Å². The zero-order valence-electron chi connectivity index (χ0n) is 10.3. The molecule has 3 aromatic rings. The number of aromatic nitrogens is 6. The van der Waals surface area contributed by atoms with Gasteiger partial charge in [0.15, 0.2) is 10.8 Å². The van der Waals surface area contributed by atoms with E-state index in [4.69, 9.17) is 5.73 Å². The lowest BCUT2D eigenvalue weighted by atomic mass is 10.4. The van der Waals surface area contributed by atoms with E-state index in [2.05, 4.69) is 35.5 Å². The highest BCUT2D eigenvalue weighted by atomic mass is 32.2. The van der Waals surface area contributed by atoms with Gasteiger partial charge in [-0.2, -0.15) is 10.1 Å². The maximum atomic E-state index is 11.4. The van der Waals surface area contributed by atoms with E-state index in [1.165, 1.54) is 17.8 Å². The second-order valence-corrected chi connectivity index (χ2v) is 4.79. The minimum Gasteiger partial charge on any atom is -0.383 e. The Morgan fingerprint density at radius 1 is 1.35 bits per heavy atom. The fourth-order valence-corrected chi connectivity index (χ4v) is 2.47. The van der Waals surface area contributed by atoms with Crippen molar-refractivity contribution in [1.29, 1.82) is 0 Å². The number of nitrogen functional groups attached to an aromatic ring is 1. The zero-order valence-corrected chi connectivity index (χ0v) is 11.2. The Labute approximate surface area is 116 Å². The van der Waals surface area contributed by atoms with Gasteiger partial charge in [-0.25, -0.2) is 9.97 Å². The highest BCUT2D eigenvalue weighted by Crippen LogP contribution is 2.29. The Hall–Kier alpha value is -2.62. The highest BCUT2D eigenvalue weighted by molar-refractivity contribution is 7.99. The Morgan fingerprint density at radius 3 is 2.95 bits per heavy atom. The third kappa shape index (κ3) is 2.28. The Bertz CT molecular complexity index is 825. The van der Waals surface area contributed by atoms with Crippen LogP contribution in [0, 0.1) is 0 Å². The first kappa shape index (κ1) is 12.4. The lowest BCUT2D eigenvalue weighted by Gasteiger charge is -2.04. The third-order valence-electron chi connectivity index (χ3n) is 2.43. The maximum absolute atomic E-state index is 11.4. The van der Waals surface area contributed by atoms with Gasteiger partial charge in [0.25, 0.3) is 5.56 Å². The molecule has 0 saturated heterocycles. The molecular weight excluding hydrogens is 280 g/mol. The lowest BCUT2D eigenvalue weighted by Crippen LogP contribution is -2.09. The number of rotatable bonds is 3. The minimum atomic E-state index is -0.314. The molecule has 10 heteroatoms. The van der Waals surface area contributed by atoms with Gasteiger partial charge >= 0.3 is 0 Å². The van der Waals surface area contributed by atoms with Crippen LogP contribution in [0.5, 0.6) is 0 Å². The number of H-pyrrole nitrogens is 2. The Balaban J connectivity index is 2.09. The summed E-state index contributed by atoms with van der Waals surface area (Å²) < 4.78 is 0. The van der Waals surface area contributed by atoms with Crippen molar-refractivity contribution < 1.29 is 0 Å². The summed E-state index contributed by atoms with van der Waals surface area (Å²) in [5.41, 5.74) is 5.84. The van der Waals surface area contributed by atoms with Gasteiger partial charge in [-0.1, -0.05) is 0 Å².